The van der Waals surface area contributed by atoms with Crippen LogP contribution >= 0.6 is 0 Å². The van der Waals surface area contributed by atoms with Crippen LogP contribution in [0, 0.1) is 0 Å². The van der Waals surface area contributed by atoms with Crippen LogP contribution in [0.2, 0.25) is 0 Å². The quantitative estimate of drug-likeness (QED) is 0.426. The predicted octanol–water partition coefficient (Wildman–Crippen LogP) is 2.23. The van der Waals surface area contributed by atoms with Crippen molar-refractivity contribution in [3.8, 4) is 0 Å². The lowest BCUT2D eigenvalue weighted by atomic mass is 10.3. The normalized spacial score (nSPS) is 6.80. The number of nitrogens with two attached hydrogens (primary N) is 1. The van der Waals surface area contributed by atoms with Gasteiger partial charge in [0.15, 0.2) is 0 Å². The zero-order chi connectivity index (χ0) is 7.82. The van der Waals surface area contributed by atoms with E-state index in [1.807, 2.05) is 30.3 Å². The molecule has 0 fully saturated rings. The van der Waals surface area contributed by atoms with E-state index < -0.39 is 0 Å². The van der Waals surface area contributed by atoms with Crippen molar-refractivity contribution in [1.29, 1.82) is 0 Å². The van der Waals surface area contributed by atoms with Crippen LogP contribution in [0.1, 0.15) is 0 Å². The Balaban J connectivity index is 0.000000236. The average Bonchev–Trinajstić information content (AvgIpc) is 1.91. The van der Waals surface area contributed by atoms with Crippen molar-refractivity contribution < 1.29 is 0 Å². The smallest absolute Gasteiger partial charge is 0.0313 e. The molecule has 0 saturated heterocycles. The van der Waals surface area contributed by atoms with Crippen molar-refractivity contribution in [3.05, 3.63) is 49.2 Å². The second-order valence-corrected chi connectivity index (χ2v) is 1.66. The van der Waals surface area contributed by atoms with E-state index in [9.17, 15) is 0 Å². The zero-order valence-corrected chi connectivity index (χ0v) is 5.88. The third-order valence-corrected chi connectivity index (χ3v) is 0.800. The van der Waals surface area contributed by atoms with Gasteiger partial charge in [0.1, 0.15) is 0 Å². The van der Waals surface area contributed by atoms with Gasteiger partial charge in [0.05, 0.1) is 0 Å². The molecule has 0 aromatic heterocycles. The van der Waals surface area contributed by atoms with E-state index in [1.165, 1.54) is 0 Å². The van der Waals surface area contributed by atoms with Gasteiger partial charge in [0.2, 0.25) is 0 Å². The lowest BCUT2D eigenvalue weighted by Crippen LogP contribution is -1.79. The Morgan fingerprint density at radius 3 is 1.70 bits per heavy atom. The van der Waals surface area contributed by atoms with E-state index >= 15 is 0 Å². The molecule has 2 N–H and O–H groups in total. The number of hydrogen-bond donors (Lipinski definition) is 1. The largest absolute Gasteiger partial charge is 0.399 e. The van der Waals surface area contributed by atoms with Gasteiger partial charge >= 0.3 is 0 Å². The predicted molar refractivity (Wildman–Crippen MR) is 45.6 cm³/mol. The highest BCUT2D eigenvalue weighted by Crippen LogP contribution is 1.95. The van der Waals surface area contributed by atoms with E-state index in [4.69, 9.17) is 5.73 Å². The third kappa shape index (κ3) is 4.69. The van der Waals surface area contributed by atoms with Gasteiger partial charge in [-0.15, -0.1) is 5.73 Å². The molecule has 1 nitrogen and oxygen atoms in total. The number of hydrogen-bond acceptors (Lipinski definition) is 1. The molecule has 10 heavy (non-hydrogen) atoms. The second-order valence-electron chi connectivity index (χ2n) is 1.66. The minimum Gasteiger partial charge on any atom is -0.399 e. The number of para-hydroxylation sites is 1. The van der Waals surface area contributed by atoms with Crippen molar-refractivity contribution in [3.63, 3.8) is 0 Å². The first-order valence-electron chi connectivity index (χ1n) is 2.91. The van der Waals surface area contributed by atoms with Crippen LogP contribution in [-0.2, 0) is 0 Å². The fraction of sp³-hybridized carbons (Fsp3) is 0. The van der Waals surface area contributed by atoms with Crippen molar-refractivity contribution in [2.75, 3.05) is 5.73 Å². The highest BCUT2D eigenvalue weighted by molar-refractivity contribution is 5.35. The maximum Gasteiger partial charge on any atom is 0.0313 e. The summed E-state index contributed by atoms with van der Waals surface area (Å²) in [7, 11) is 0. The van der Waals surface area contributed by atoms with Gasteiger partial charge in [-0.2, -0.15) is 0 Å². The summed E-state index contributed by atoms with van der Waals surface area (Å²) in [4.78, 5) is 0. The van der Waals surface area contributed by atoms with E-state index in [0.29, 0.717) is 0 Å². The molecule has 0 saturated carbocycles. The van der Waals surface area contributed by atoms with E-state index in [-0.39, 0.29) is 0 Å². The Hall–Kier alpha value is -1.46. The Kier molecular flexibility index (Phi) is 4.84. The van der Waals surface area contributed by atoms with Crippen molar-refractivity contribution >= 4 is 5.69 Å². The summed E-state index contributed by atoms with van der Waals surface area (Å²) in [6.07, 6.45) is 0. The molecule has 0 spiro atoms. The SMILES string of the molecule is C=C=C.Nc1ccccc1. The molecule has 0 aliphatic heterocycles. The van der Waals surface area contributed by atoms with Gasteiger partial charge in [-0.25, -0.2) is 0 Å². The molecule has 0 heterocycles. The average molecular weight is 133 g/mol. The number of rotatable bonds is 0. The third-order valence-electron chi connectivity index (χ3n) is 0.800. The van der Waals surface area contributed by atoms with Gasteiger partial charge in [-0.3, -0.25) is 0 Å². The highest BCUT2D eigenvalue weighted by Gasteiger charge is 1.72. The topological polar surface area (TPSA) is 26.0 Å². The molecule has 0 aliphatic rings. The van der Waals surface area contributed by atoms with Crippen LogP contribution < -0.4 is 5.73 Å². The molecule has 0 aliphatic carbocycles. The fourth-order valence-electron chi connectivity index (χ4n) is 0.453. The van der Waals surface area contributed by atoms with E-state index in [2.05, 4.69) is 18.9 Å². The number of benzene rings is 1. The molecule has 0 atom stereocenters. The Bertz CT molecular complexity index is 195. The van der Waals surface area contributed by atoms with Crippen LogP contribution in [0.15, 0.2) is 49.2 Å². The molecular formula is C9H11N. The summed E-state index contributed by atoms with van der Waals surface area (Å²) < 4.78 is 0. The summed E-state index contributed by atoms with van der Waals surface area (Å²) in [5.74, 6) is 0. The van der Waals surface area contributed by atoms with Crippen LogP contribution in [0.25, 0.3) is 0 Å². The van der Waals surface area contributed by atoms with Crippen molar-refractivity contribution in [2.45, 2.75) is 0 Å². The zero-order valence-electron chi connectivity index (χ0n) is 5.88. The molecule has 0 bridgehead atoms. The van der Waals surface area contributed by atoms with Crippen LogP contribution in [-0.4, -0.2) is 0 Å². The lowest BCUT2D eigenvalue weighted by molar-refractivity contribution is 1.69. The minimum absolute atomic E-state index is 0.822. The van der Waals surface area contributed by atoms with Crippen molar-refractivity contribution in [2.24, 2.45) is 0 Å². The molecule has 52 valence electrons. The molecule has 1 aromatic rings. The number of nitrogen functional groups attached to an aromatic ring is 1. The van der Waals surface area contributed by atoms with E-state index in [0.717, 1.165) is 5.69 Å². The highest BCUT2D eigenvalue weighted by atomic mass is 14.5. The summed E-state index contributed by atoms with van der Waals surface area (Å²) in [5.41, 5.74) is 8.43. The standard InChI is InChI=1S/C6H7N.C3H4/c7-6-4-2-1-3-5-6;1-3-2/h1-5H,7H2;1-2H2. The summed E-state index contributed by atoms with van der Waals surface area (Å²) in [5, 5.41) is 0. The molecule has 0 amide bonds. The summed E-state index contributed by atoms with van der Waals surface area (Å²) in [6.45, 7) is 6.25. The molecule has 1 heteroatoms. The molecule has 1 rings (SSSR count). The van der Waals surface area contributed by atoms with Crippen LogP contribution in [0.4, 0.5) is 5.69 Å². The number of anilines is 1. The molecule has 1 aromatic carbocycles. The summed E-state index contributed by atoms with van der Waals surface area (Å²) in [6, 6.07) is 9.49. The molecule has 0 unspecified atom stereocenters. The molecular weight excluding hydrogens is 122 g/mol. The first kappa shape index (κ1) is 8.54. The first-order chi connectivity index (χ1) is 4.81. The summed E-state index contributed by atoms with van der Waals surface area (Å²) >= 11 is 0. The van der Waals surface area contributed by atoms with Gasteiger partial charge in [0.25, 0.3) is 0 Å². The van der Waals surface area contributed by atoms with Crippen LogP contribution in [0.5, 0.6) is 0 Å². The fourth-order valence-corrected chi connectivity index (χ4v) is 0.453. The first-order valence-corrected chi connectivity index (χ1v) is 2.91. The van der Waals surface area contributed by atoms with Crippen molar-refractivity contribution in [1.82, 2.24) is 0 Å². The van der Waals surface area contributed by atoms with Gasteiger partial charge < -0.3 is 5.73 Å². The Morgan fingerprint density at radius 1 is 1.10 bits per heavy atom. The Morgan fingerprint density at radius 2 is 1.50 bits per heavy atom. The van der Waals surface area contributed by atoms with Gasteiger partial charge in [-0.1, -0.05) is 31.4 Å². The van der Waals surface area contributed by atoms with Crippen LogP contribution in [0.3, 0.4) is 0 Å². The lowest BCUT2D eigenvalue weighted by Gasteiger charge is -1.83. The monoisotopic (exact) mass is 133 g/mol. The van der Waals surface area contributed by atoms with E-state index in [1.54, 1.807) is 0 Å². The maximum absolute atomic E-state index is 5.36. The minimum atomic E-state index is 0.822. The Labute approximate surface area is 61.5 Å². The maximum atomic E-state index is 5.36. The van der Waals surface area contributed by atoms with Gasteiger partial charge in [-0.05, 0) is 12.1 Å². The molecule has 0 radical (unpaired) electrons. The van der Waals surface area contributed by atoms with Gasteiger partial charge in [0, 0.05) is 5.69 Å². The second kappa shape index (κ2) is 5.67.